The molecular weight excluding hydrogens is 520 g/mol. The molecule has 0 bridgehead atoms. The number of anilines is 1. The number of fused-ring (bicyclic) bond motifs is 1. The highest BCUT2D eigenvalue weighted by Gasteiger charge is 2.29. The number of imidazole rings is 1. The first-order chi connectivity index (χ1) is 19.6. The summed E-state index contributed by atoms with van der Waals surface area (Å²) < 4.78 is 8.76. The third kappa shape index (κ3) is 6.28. The maximum Gasteiger partial charge on any atom is 0.335 e. The van der Waals surface area contributed by atoms with Gasteiger partial charge in [0, 0.05) is 24.2 Å². The zero-order valence-corrected chi connectivity index (χ0v) is 23.2. The van der Waals surface area contributed by atoms with Crippen molar-refractivity contribution >= 4 is 22.9 Å². The van der Waals surface area contributed by atoms with Gasteiger partial charge in [-0.15, -0.1) is 0 Å². The summed E-state index contributed by atoms with van der Waals surface area (Å²) in [5, 5.41) is 15.9. The van der Waals surface area contributed by atoms with E-state index in [9.17, 15) is 14.9 Å². The van der Waals surface area contributed by atoms with Crippen molar-refractivity contribution in [3.05, 3.63) is 83.1 Å². The van der Waals surface area contributed by atoms with Gasteiger partial charge in [-0.25, -0.2) is 14.8 Å². The van der Waals surface area contributed by atoms with Crippen molar-refractivity contribution in [2.24, 2.45) is 0 Å². The molecular formula is C30H32N8O3. The number of hydrogen-bond donors (Lipinski definition) is 3. The molecule has 0 aliphatic heterocycles. The van der Waals surface area contributed by atoms with Crippen molar-refractivity contribution in [1.29, 1.82) is 5.26 Å². The van der Waals surface area contributed by atoms with Gasteiger partial charge in [0.05, 0.1) is 5.69 Å². The number of benzene rings is 2. The van der Waals surface area contributed by atoms with Crippen LogP contribution < -0.4 is 26.8 Å². The second-order valence-electron chi connectivity index (χ2n) is 10.8. The number of amides is 1. The number of nitriles is 1. The summed E-state index contributed by atoms with van der Waals surface area (Å²) in [6.45, 7) is 5.72. The SMILES string of the molecule is C[C@@H](Cn1c(=O)n(-c2ccc(Oc3ccccc3)cc2)c2c(N)ncnc21)NC(=O)/C(C#N)=C/C(C)(C)NC1CC1. The molecule has 2 aromatic heterocycles. The molecule has 5 rings (SSSR count). The van der Waals surface area contributed by atoms with Gasteiger partial charge in [-0.2, -0.15) is 5.26 Å². The largest absolute Gasteiger partial charge is 0.457 e. The number of carbonyl (C=O) groups excluding carboxylic acids is 1. The molecule has 210 valence electrons. The first-order valence-electron chi connectivity index (χ1n) is 13.4. The van der Waals surface area contributed by atoms with Gasteiger partial charge in [-0.3, -0.25) is 13.9 Å². The highest BCUT2D eigenvalue weighted by molar-refractivity contribution is 5.97. The van der Waals surface area contributed by atoms with Crippen LogP contribution in [0.4, 0.5) is 5.82 Å². The van der Waals surface area contributed by atoms with E-state index >= 15 is 0 Å². The number of nitrogen functional groups attached to an aromatic ring is 1. The van der Waals surface area contributed by atoms with Crippen molar-refractivity contribution < 1.29 is 9.53 Å². The first kappa shape index (κ1) is 27.6. The van der Waals surface area contributed by atoms with E-state index in [4.69, 9.17) is 10.5 Å². The molecule has 2 heterocycles. The van der Waals surface area contributed by atoms with E-state index < -0.39 is 23.2 Å². The van der Waals surface area contributed by atoms with E-state index in [0.29, 0.717) is 34.4 Å². The summed E-state index contributed by atoms with van der Waals surface area (Å²) in [4.78, 5) is 35.1. The number of aromatic nitrogens is 4. The second-order valence-corrected chi connectivity index (χ2v) is 10.8. The Kier molecular flexibility index (Phi) is 7.59. The fraction of sp³-hybridized carbons (Fsp3) is 0.300. The molecule has 1 aliphatic carbocycles. The number of para-hydroxylation sites is 1. The molecule has 1 saturated carbocycles. The predicted octanol–water partition coefficient (Wildman–Crippen LogP) is 3.44. The molecule has 1 aliphatic rings. The zero-order valence-electron chi connectivity index (χ0n) is 23.2. The van der Waals surface area contributed by atoms with Crippen molar-refractivity contribution in [2.45, 2.75) is 57.8 Å². The predicted molar refractivity (Wildman–Crippen MR) is 156 cm³/mol. The van der Waals surface area contributed by atoms with Crippen LogP contribution >= 0.6 is 0 Å². The molecule has 0 saturated heterocycles. The molecule has 1 amide bonds. The number of carbonyl (C=O) groups is 1. The average Bonchev–Trinajstić information content (AvgIpc) is 3.71. The minimum absolute atomic E-state index is 0.00848. The summed E-state index contributed by atoms with van der Waals surface area (Å²) in [7, 11) is 0. The molecule has 1 fully saturated rings. The van der Waals surface area contributed by atoms with Gasteiger partial charge in [0.2, 0.25) is 0 Å². The molecule has 41 heavy (non-hydrogen) atoms. The fourth-order valence-corrected chi connectivity index (χ4v) is 4.72. The number of nitrogens with two attached hydrogens (primary N) is 1. The van der Waals surface area contributed by atoms with Gasteiger partial charge in [0.1, 0.15) is 35.0 Å². The maximum absolute atomic E-state index is 13.7. The topological polar surface area (TPSA) is 153 Å². The summed E-state index contributed by atoms with van der Waals surface area (Å²) >= 11 is 0. The summed E-state index contributed by atoms with van der Waals surface area (Å²) in [6, 6.07) is 18.3. The van der Waals surface area contributed by atoms with E-state index in [-0.39, 0.29) is 17.9 Å². The molecule has 0 spiro atoms. The van der Waals surface area contributed by atoms with Gasteiger partial charge in [-0.1, -0.05) is 18.2 Å². The Bertz CT molecular complexity index is 1690. The van der Waals surface area contributed by atoms with Gasteiger partial charge in [0.15, 0.2) is 11.5 Å². The van der Waals surface area contributed by atoms with Crippen LogP contribution in [0.25, 0.3) is 16.9 Å². The molecule has 4 N–H and O–H groups in total. The van der Waals surface area contributed by atoms with Gasteiger partial charge in [0.25, 0.3) is 5.91 Å². The highest BCUT2D eigenvalue weighted by Crippen LogP contribution is 2.25. The van der Waals surface area contributed by atoms with Crippen LogP contribution in [0.15, 0.2) is 77.4 Å². The summed E-state index contributed by atoms with van der Waals surface area (Å²) in [5.74, 6) is 0.937. The summed E-state index contributed by atoms with van der Waals surface area (Å²) in [6.07, 6.45) is 5.11. The van der Waals surface area contributed by atoms with E-state index in [0.717, 1.165) is 12.8 Å². The van der Waals surface area contributed by atoms with E-state index in [1.165, 1.54) is 15.5 Å². The van der Waals surface area contributed by atoms with Crippen LogP contribution in [0, 0.1) is 11.3 Å². The van der Waals surface area contributed by atoms with Crippen molar-refractivity contribution in [3.63, 3.8) is 0 Å². The van der Waals surface area contributed by atoms with Gasteiger partial charge < -0.3 is 21.1 Å². The Morgan fingerprint density at radius 1 is 1.17 bits per heavy atom. The van der Waals surface area contributed by atoms with Crippen molar-refractivity contribution in [1.82, 2.24) is 29.7 Å². The molecule has 1 atom stereocenters. The first-order valence-corrected chi connectivity index (χ1v) is 13.4. The van der Waals surface area contributed by atoms with Crippen LogP contribution in [0.1, 0.15) is 33.6 Å². The Balaban J connectivity index is 1.39. The molecule has 0 radical (unpaired) electrons. The van der Waals surface area contributed by atoms with Crippen molar-refractivity contribution in [3.8, 4) is 23.3 Å². The Morgan fingerprint density at radius 2 is 1.85 bits per heavy atom. The molecule has 11 nitrogen and oxygen atoms in total. The maximum atomic E-state index is 13.7. The van der Waals surface area contributed by atoms with E-state index in [2.05, 4.69) is 20.6 Å². The molecule has 0 unspecified atom stereocenters. The highest BCUT2D eigenvalue weighted by atomic mass is 16.5. The van der Waals surface area contributed by atoms with Crippen LogP contribution in [-0.2, 0) is 11.3 Å². The Hall–Kier alpha value is -4.95. The second kappa shape index (κ2) is 11.3. The van der Waals surface area contributed by atoms with Crippen LogP contribution in [0.5, 0.6) is 11.5 Å². The number of nitrogens with zero attached hydrogens (tertiary/aromatic N) is 5. The lowest BCUT2D eigenvalue weighted by Crippen LogP contribution is -2.42. The third-order valence-corrected chi connectivity index (χ3v) is 6.66. The quantitative estimate of drug-likeness (QED) is 0.200. The molecule has 4 aromatic rings. The lowest BCUT2D eigenvalue weighted by atomic mass is 10.0. The number of hydrogen-bond acceptors (Lipinski definition) is 8. The number of nitrogens with one attached hydrogen (secondary N) is 2. The van der Waals surface area contributed by atoms with Crippen LogP contribution in [0.3, 0.4) is 0 Å². The smallest absolute Gasteiger partial charge is 0.335 e. The summed E-state index contributed by atoms with van der Waals surface area (Å²) in [5.41, 5.74) is 6.56. The minimum atomic E-state index is -0.509. The van der Waals surface area contributed by atoms with Crippen LogP contribution in [0.2, 0.25) is 0 Å². The zero-order chi connectivity index (χ0) is 29.1. The monoisotopic (exact) mass is 552 g/mol. The standard InChI is InChI=1S/C30H32N8O3/c1-19(35-28(39)20(16-31)15-30(2,3)36-21-9-10-21)17-37-27-25(26(32)33-18-34-27)38(29(37)40)22-11-13-24(14-12-22)41-23-7-5-4-6-8-23/h4-8,11-15,18-19,21,36H,9-10,17H2,1-3H3,(H,35,39)(H2,32,33,34)/b20-15+/t19-/m0/s1. The fourth-order valence-electron chi connectivity index (χ4n) is 4.72. The van der Waals surface area contributed by atoms with Crippen LogP contribution in [-0.4, -0.2) is 42.6 Å². The third-order valence-electron chi connectivity index (χ3n) is 6.66. The Morgan fingerprint density at radius 3 is 2.51 bits per heavy atom. The number of ether oxygens (including phenoxy) is 1. The lowest BCUT2D eigenvalue weighted by molar-refractivity contribution is -0.117. The van der Waals surface area contributed by atoms with E-state index in [1.807, 2.05) is 50.2 Å². The normalized spacial score (nSPS) is 14.4. The van der Waals surface area contributed by atoms with Gasteiger partial charge in [-0.05, 0) is 76.1 Å². The number of rotatable bonds is 10. The average molecular weight is 553 g/mol. The molecule has 2 aromatic carbocycles. The van der Waals surface area contributed by atoms with E-state index in [1.54, 1.807) is 37.3 Å². The Labute approximate surface area is 237 Å². The minimum Gasteiger partial charge on any atom is -0.457 e. The molecule has 11 heteroatoms. The van der Waals surface area contributed by atoms with Crippen molar-refractivity contribution in [2.75, 3.05) is 5.73 Å². The van der Waals surface area contributed by atoms with Gasteiger partial charge >= 0.3 is 5.69 Å². The lowest BCUT2D eigenvalue weighted by Gasteiger charge is -2.23.